The highest BCUT2D eigenvalue weighted by molar-refractivity contribution is 6.02. The van der Waals surface area contributed by atoms with Crippen LogP contribution in [0.15, 0.2) is 46.0 Å². The van der Waals surface area contributed by atoms with Crippen LogP contribution in [-0.2, 0) is 0 Å². The number of aliphatic hydroxyl groups excluding tert-OH is 1. The Morgan fingerprint density at radius 3 is 3.00 bits per heavy atom. The van der Waals surface area contributed by atoms with E-state index >= 15 is 0 Å². The second kappa shape index (κ2) is 4.80. The molecule has 4 atom stereocenters. The van der Waals surface area contributed by atoms with Gasteiger partial charge in [-0.2, -0.15) is 5.10 Å². The standard InChI is InChI=1S/C18H23N5O/c1-18-8-10(17(19)24)2-4-14(18)21-22-16(18)11-3-5-15-20-12-6-13(7-12)23(15)9-11/h2-5,8,11-14,17,21,24H,6-7,9,19H2,1H3. The predicted molar refractivity (Wildman–Crippen MR) is 93.5 cm³/mol. The van der Waals surface area contributed by atoms with E-state index in [1.807, 2.05) is 6.08 Å². The Bertz CT molecular complexity index is 728. The van der Waals surface area contributed by atoms with Gasteiger partial charge in [0.25, 0.3) is 0 Å². The number of aliphatic imine (C=N–C) groups is 1. The monoisotopic (exact) mass is 325 g/mol. The highest BCUT2D eigenvalue weighted by atomic mass is 16.3. The molecule has 6 heteroatoms. The number of nitrogens with one attached hydrogen (secondary N) is 1. The molecule has 126 valence electrons. The van der Waals surface area contributed by atoms with Crippen molar-refractivity contribution in [3.8, 4) is 0 Å². The highest BCUT2D eigenvalue weighted by Gasteiger charge is 2.48. The molecule has 0 aromatic heterocycles. The summed E-state index contributed by atoms with van der Waals surface area (Å²) in [6.45, 7) is 3.11. The molecular formula is C18H23N5O. The molecule has 0 aromatic carbocycles. The largest absolute Gasteiger partial charge is 0.375 e. The fourth-order valence-corrected chi connectivity index (χ4v) is 4.63. The van der Waals surface area contributed by atoms with E-state index in [-0.39, 0.29) is 17.4 Å². The highest BCUT2D eigenvalue weighted by Crippen LogP contribution is 2.41. The van der Waals surface area contributed by atoms with E-state index < -0.39 is 6.23 Å². The first-order valence-electron chi connectivity index (χ1n) is 8.75. The number of hydrogen-bond acceptors (Lipinski definition) is 6. The van der Waals surface area contributed by atoms with Crippen LogP contribution >= 0.6 is 0 Å². The lowest BCUT2D eigenvalue weighted by Gasteiger charge is -2.50. The summed E-state index contributed by atoms with van der Waals surface area (Å²) in [5.74, 6) is 1.40. The Morgan fingerprint density at radius 2 is 2.21 bits per heavy atom. The van der Waals surface area contributed by atoms with Gasteiger partial charge in [0.05, 0.1) is 23.2 Å². The zero-order valence-electron chi connectivity index (χ0n) is 13.8. The maximum Gasteiger partial charge on any atom is 0.128 e. The second-order valence-electron chi connectivity index (χ2n) is 7.72. The minimum absolute atomic E-state index is 0.118. The van der Waals surface area contributed by atoms with Crippen molar-refractivity contribution in [2.45, 2.75) is 44.1 Å². The minimum atomic E-state index is -0.949. The lowest BCUT2D eigenvalue weighted by Crippen LogP contribution is -2.57. The van der Waals surface area contributed by atoms with E-state index in [1.54, 1.807) is 0 Å². The summed E-state index contributed by atoms with van der Waals surface area (Å²) in [6.07, 6.45) is 11.9. The van der Waals surface area contributed by atoms with Gasteiger partial charge in [-0.05, 0) is 31.4 Å². The molecule has 2 bridgehead atoms. The van der Waals surface area contributed by atoms with Crippen molar-refractivity contribution in [2.24, 2.45) is 27.2 Å². The zero-order chi connectivity index (χ0) is 16.5. The van der Waals surface area contributed by atoms with Crippen LogP contribution in [0.2, 0.25) is 0 Å². The molecule has 6 aliphatic rings. The minimum Gasteiger partial charge on any atom is -0.375 e. The first-order chi connectivity index (χ1) is 11.5. The van der Waals surface area contributed by atoms with Crippen LogP contribution in [0.4, 0.5) is 0 Å². The van der Waals surface area contributed by atoms with Gasteiger partial charge < -0.3 is 21.2 Å². The average molecular weight is 325 g/mol. The molecule has 4 N–H and O–H groups in total. The third-order valence-corrected chi connectivity index (χ3v) is 6.17. The molecule has 4 aliphatic heterocycles. The average Bonchev–Trinajstić information content (AvgIpc) is 2.89. The predicted octanol–water partition coefficient (Wildman–Crippen LogP) is 0.525. The number of aliphatic hydroxyl groups is 1. The van der Waals surface area contributed by atoms with Crippen molar-refractivity contribution in [3.05, 3.63) is 36.0 Å². The molecule has 4 unspecified atom stereocenters. The summed E-state index contributed by atoms with van der Waals surface area (Å²) in [6, 6.07) is 1.32. The molecule has 6 nitrogen and oxygen atoms in total. The van der Waals surface area contributed by atoms with Crippen LogP contribution in [0, 0.1) is 11.3 Å². The van der Waals surface area contributed by atoms with Crippen LogP contribution in [0.3, 0.4) is 0 Å². The molecule has 4 heterocycles. The summed E-state index contributed by atoms with van der Waals surface area (Å²) in [7, 11) is 0. The van der Waals surface area contributed by atoms with Crippen LogP contribution in [0.1, 0.15) is 19.8 Å². The van der Waals surface area contributed by atoms with Crippen LogP contribution in [0.25, 0.3) is 0 Å². The van der Waals surface area contributed by atoms with Crippen LogP contribution < -0.4 is 11.2 Å². The maximum atomic E-state index is 9.76. The van der Waals surface area contributed by atoms with Crippen molar-refractivity contribution in [2.75, 3.05) is 6.54 Å². The quantitative estimate of drug-likeness (QED) is 0.646. The molecule has 0 saturated heterocycles. The number of rotatable bonds is 2. The topological polar surface area (TPSA) is 86.2 Å². The van der Waals surface area contributed by atoms with Gasteiger partial charge in [-0.25, -0.2) is 0 Å². The zero-order valence-corrected chi connectivity index (χ0v) is 13.8. The maximum absolute atomic E-state index is 9.76. The second-order valence-corrected chi connectivity index (χ2v) is 7.72. The molecule has 24 heavy (non-hydrogen) atoms. The van der Waals surface area contributed by atoms with Gasteiger partial charge >= 0.3 is 0 Å². The Labute approximate surface area is 141 Å². The molecule has 0 amide bonds. The van der Waals surface area contributed by atoms with Gasteiger partial charge in [-0.1, -0.05) is 24.3 Å². The fraction of sp³-hybridized carbons (Fsp3) is 0.556. The number of amidine groups is 1. The lowest BCUT2D eigenvalue weighted by atomic mass is 9.70. The van der Waals surface area contributed by atoms with Gasteiger partial charge in [0, 0.05) is 18.5 Å². The van der Waals surface area contributed by atoms with E-state index in [0.717, 1.165) is 23.7 Å². The van der Waals surface area contributed by atoms with E-state index in [1.165, 1.54) is 12.8 Å². The van der Waals surface area contributed by atoms with E-state index in [4.69, 9.17) is 10.7 Å². The van der Waals surface area contributed by atoms with Gasteiger partial charge in [0.1, 0.15) is 12.1 Å². The van der Waals surface area contributed by atoms with Crippen molar-refractivity contribution in [3.63, 3.8) is 0 Å². The van der Waals surface area contributed by atoms with Crippen molar-refractivity contribution < 1.29 is 5.11 Å². The number of fused-ring (bicyclic) bond motifs is 1. The fourth-order valence-electron chi connectivity index (χ4n) is 4.63. The van der Waals surface area contributed by atoms with E-state index in [0.29, 0.717) is 12.1 Å². The Morgan fingerprint density at radius 1 is 1.38 bits per heavy atom. The third kappa shape index (κ3) is 1.90. The van der Waals surface area contributed by atoms with Crippen molar-refractivity contribution in [1.29, 1.82) is 0 Å². The summed E-state index contributed by atoms with van der Waals surface area (Å²) in [5.41, 5.74) is 10.5. The molecular weight excluding hydrogens is 302 g/mol. The summed E-state index contributed by atoms with van der Waals surface area (Å²) in [4.78, 5) is 7.24. The smallest absolute Gasteiger partial charge is 0.128 e. The Balaban J connectivity index is 1.46. The van der Waals surface area contributed by atoms with Crippen LogP contribution in [-0.4, -0.2) is 52.5 Å². The molecule has 0 spiro atoms. The number of hydrazone groups is 1. The molecule has 1 saturated carbocycles. The van der Waals surface area contributed by atoms with Gasteiger partial charge in [0.15, 0.2) is 0 Å². The Kier molecular flexibility index (Phi) is 2.89. The normalized spacial score (nSPS) is 43.0. The van der Waals surface area contributed by atoms with E-state index in [9.17, 15) is 5.11 Å². The molecule has 6 rings (SSSR count). The molecule has 2 aliphatic carbocycles. The van der Waals surface area contributed by atoms with Gasteiger partial charge in [-0.3, -0.25) is 4.99 Å². The summed E-state index contributed by atoms with van der Waals surface area (Å²) < 4.78 is 0. The van der Waals surface area contributed by atoms with Crippen molar-refractivity contribution >= 4 is 11.5 Å². The van der Waals surface area contributed by atoms with Crippen LogP contribution in [0.5, 0.6) is 0 Å². The molecule has 0 radical (unpaired) electrons. The first-order valence-corrected chi connectivity index (χ1v) is 8.75. The van der Waals surface area contributed by atoms with Crippen molar-refractivity contribution in [1.82, 2.24) is 10.3 Å². The van der Waals surface area contributed by atoms with Gasteiger partial charge in [-0.15, -0.1) is 0 Å². The summed E-state index contributed by atoms with van der Waals surface area (Å²) >= 11 is 0. The lowest BCUT2D eigenvalue weighted by molar-refractivity contribution is 0.152. The van der Waals surface area contributed by atoms with Gasteiger partial charge in [0.2, 0.25) is 0 Å². The Hall–Kier alpha value is -1.92. The number of nitrogens with zero attached hydrogens (tertiary/aromatic N) is 3. The summed E-state index contributed by atoms with van der Waals surface area (Å²) in [5, 5.41) is 14.4. The molecule has 1 fully saturated rings. The third-order valence-electron chi connectivity index (χ3n) is 6.17. The number of hydrogen-bond donors (Lipinski definition) is 3. The first kappa shape index (κ1) is 14.4. The van der Waals surface area contributed by atoms with E-state index in [2.05, 4.69) is 46.7 Å². The number of nitrogens with two attached hydrogens (primary N) is 1. The SMILES string of the molecule is CC12C=C(C(N)O)C=CC1NN=C2C1C=CC2=NC3CC(C3)N2C1. The molecule has 0 aromatic rings.